The van der Waals surface area contributed by atoms with Crippen LogP contribution in [0, 0.1) is 0 Å². The fourth-order valence-corrected chi connectivity index (χ4v) is 4.41. The number of esters is 1. The second kappa shape index (κ2) is 12.6. The van der Waals surface area contributed by atoms with Crippen molar-refractivity contribution in [2.45, 2.75) is 98.7 Å². The molecule has 222 valence electrons. The summed E-state index contributed by atoms with van der Waals surface area (Å²) in [5, 5.41) is 111. The fourth-order valence-electron chi connectivity index (χ4n) is 4.41. The van der Waals surface area contributed by atoms with Crippen LogP contribution in [0.1, 0.15) is 6.92 Å². The lowest BCUT2D eigenvalue weighted by molar-refractivity contribution is -0.477. The van der Waals surface area contributed by atoms with E-state index in [2.05, 4.69) is 0 Å². The normalized spacial score (nSPS) is 50.0. The van der Waals surface area contributed by atoms with Gasteiger partial charge in [0.05, 0.1) is 19.8 Å². The van der Waals surface area contributed by atoms with E-state index in [0.29, 0.717) is 0 Å². The van der Waals surface area contributed by atoms with Crippen LogP contribution in [-0.2, 0) is 33.2 Å². The van der Waals surface area contributed by atoms with Gasteiger partial charge in [-0.15, -0.1) is 0 Å². The second-order valence-corrected chi connectivity index (χ2v) is 9.08. The minimum Gasteiger partial charge on any atom is -0.406 e. The molecule has 0 spiro atoms. The molecule has 0 unspecified atom stereocenters. The Kier molecular flexibility index (Phi) is 10.4. The Morgan fingerprint density at radius 3 is 1.87 bits per heavy atom. The number of hydrogen-bond acceptors (Lipinski definition) is 18. The van der Waals surface area contributed by atoms with E-state index in [1.807, 2.05) is 0 Å². The first-order valence-electron chi connectivity index (χ1n) is 11.6. The minimum atomic E-state index is -3.02. The second-order valence-electron chi connectivity index (χ2n) is 9.08. The van der Waals surface area contributed by atoms with Gasteiger partial charge in [0.25, 0.3) is 0 Å². The van der Waals surface area contributed by atoms with Crippen molar-refractivity contribution >= 4 is 5.97 Å². The smallest absolute Gasteiger partial charge is 0.360 e. The summed E-state index contributed by atoms with van der Waals surface area (Å²) in [5.74, 6) is -4.17. The van der Waals surface area contributed by atoms with Crippen LogP contribution >= 0.6 is 0 Å². The number of hydrogen-bond donors (Lipinski definition) is 11. The molecule has 11 N–H and O–H groups in total. The maximum atomic E-state index is 11.9. The van der Waals surface area contributed by atoms with Crippen LogP contribution < -0.4 is 0 Å². The van der Waals surface area contributed by atoms with Crippen LogP contribution in [0.2, 0.25) is 0 Å². The zero-order valence-electron chi connectivity index (χ0n) is 20.0. The van der Waals surface area contributed by atoms with Gasteiger partial charge in [-0.3, -0.25) is 4.79 Å². The molecule has 3 rings (SSSR count). The van der Waals surface area contributed by atoms with Gasteiger partial charge in [-0.05, 0) is 0 Å². The molecule has 0 aromatic carbocycles. The minimum absolute atomic E-state index is 0.803. The summed E-state index contributed by atoms with van der Waals surface area (Å²) in [5.41, 5.74) is 0. The number of ether oxygens (including phenoxy) is 6. The number of carbonyl (C=O) groups excluding carboxylic acids is 1. The molecule has 0 aromatic rings. The summed E-state index contributed by atoms with van der Waals surface area (Å²) >= 11 is 0. The number of aliphatic hydroxyl groups excluding tert-OH is 11. The van der Waals surface area contributed by atoms with E-state index < -0.39 is 118 Å². The summed E-state index contributed by atoms with van der Waals surface area (Å²) in [6, 6.07) is 0. The topological polar surface area (TPSA) is 295 Å². The van der Waals surface area contributed by atoms with E-state index in [0.717, 1.165) is 6.92 Å². The highest BCUT2D eigenvalue weighted by Crippen LogP contribution is 2.38. The van der Waals surface area contributed by atoms with Gasteiger partial charge in [0, 0.05) is 6.92 Å². The van der Waals surface area contributed by atoms with Gasteiger partial charge in [0.1, 0.15) is 67.1 Å². The third-order valence-electron chi connectivity index (χ3n) is 6.45. The third kappa shape index (κ3) is 5.95. The number of carbonyl (C=O) groups is 1. The lowest BCUT2D eigenvalue weighted by Gasteiger charge is -2.51. The monoisotopic (exact) mass is 562 g/mol. The van der Waals surface area contributed by atoms with Crippen molar-refractivity contribution in [1.82, 2.24) is 0 Å². The SMILES string of the molecule is CC(=O)O[C@]1(O[C@H]2[C@H](O)[C@@H](O)[C@H](O)O[C@@H]2CO)O[C@H](CO)[C@@H](O[C@@H]2O[C@H](CO)[C@@H](O)[C@H](O)[C@H]2O)[C@H](O)[C@H]1O. The average molecular weight is 562 g/mol. The zero-order chi connectivity index (χ0) is 28.5. The van der Waals surface area contributed by atoms with Gasteiger partial charge in [0.2, 0.25) is 0 Å². The largest absolute Gasteiger partial charge is 0.406 e. The van der Waals surface area contributed by atoms with Gasteiger partial charge < -0.3 is 84.6 Å². The summed E-state index contributed by atoms with van der Waals surface area (Å²) in [6.45, 7) is -1.88. The Bertz CT molecular complexity index is 781. The molecular weight excluding hydrogens is 528 g/mol. The van der Waals surface area contributed by atoms with Crippen LogP contribution in [-0.4, -0.2) is 174 Å². The summed E-state index contributed by atoms with van der Waals surface area (Å²) in [7, 11) is 0. The van der Waals surface area contributed by atoms with Crippen molar-refractivity contribution < 1.29 is 89.4 Å². The first kappa shape index (κ1) is 31.4. The Balaban J connectivity index is 1.89. The maximum absolute atomic E-state index is 11.9. The molecule has 0 aliphatic carbocycles. The molecule has 0 radical (unpaired) electrons. The van der Waals surface area contributed by atoms with Crippen LogP contribution in [0.15, 0.2) is 0 Å². The van der Waals surface area contributed by atoms with E-state index >= 15 is 0 Å². The molecule has 0 aromatic heterocycles. The molecule has 18 heteroatoms. The highest BCUT2D eigenvalue weighted by atomic mass is 16.9. The van der Waals surface area contributed by atoms with Crippen molar-refractivity contribution in [1.29, 1.82) is 0 Å². The lowest BCUT2D eigenvalue weighted by atomic mass is 9.95. The zero-order valence-corrected chi connectivity index (χ0v) is 20.0. The third-order valence-corrected chi connectivity index (χ3v) is 6.45. The van der Waals surface area contributed by atoms with Crippen molar-refractivity contribution in [2.75, 3.05) is 19.8 Å². The van der Waals surface area contributed by atoms with E-state index in [1.165, 1.54) is 0 Å². The number of aliphatic hydroxyl groups is 11. The van der Waals surface area contributed by atoms with E-state index in [4.69, 9.17) is 28.4 Å². The molecule has 0 saturated carbocycles. The predicted molar refractivity (Wildman–Crippen MR) is 112 cm³/mol. The van der Waals surface area contributed by atoms with Crippen molar-refractivity contribution in [3.05, 3.63) is 0 Å². The Morgan fingerprint density at radius 1 is 0.711 bits per heavy atom. The summed E-state index contributed by atoms with van der Waals surface area (Å²) in [4.78, 5) is 11.9. The van der Waals surface area contributed by atoms with Crippen LogP contribution in [0.4, 0.5) is 0 Å². The first-order chi connectivity index (χ1) is 17.8. The molecule has 3 fully saturated rings. The molecular formula is C20H34O18. The Morgan fingerprint density at radius 2 is 1.32 bits per heavy atom. The van der Waals surface area contributed by atoms with E-state index in [-0.39, 0.29) is 0 Å². The van der Waals surface area contributed by atoms with Gasteiger partial charge in [-0.2, -0.15) is 0 Å². The molecule has 3 saturated heterocycles. The predicted octanol–water partition coefficient (Wildman–Crippen LogP) is -7.68. The first-order valence-corrected chi connectivity index (χ1v) is 11.6. The van der Waals surface area contributed by atoms with Crippen molar-refractivity contribution in [3.63, 3.8) is 0 Å². The highest BCUT2D eigenvalue weighted by Gasteiger charge is 2.62. The van der Waals surface area contributed by atoms with Crippen LogP contribution in [0.5, 0.6) is 0 Å². The van der Waals surface area contributed by atoms with E-state index in [9.17, 15) is 61.0 Å². The summed E-state index contributed by atoms with van der Waals surface area (Å²) in [6.07, 6.45) is -26.2. The molecule has 3 aliphatic heterocycles. The molecule has 15 atom stereocenters. The van der Waals surface area contributed by atoms with Gasteiger partial charge in [-0.25, -0.2) is 0 Å². The molecule has 0 amide bonds. The molecule has 38 heavy (non-hydrogen) atoms. The maximum Gasteiger partial charge on any atom is 0.360 e. The quantitative estimate of drug-likeness (QED) is 0.0966. The lowest BCUT2D eigenvalue weighted by Crippen LogP contribution is -2.72. The molecule has 0 bridgehead atoms. The van der Waals surface area contributed by atoms with E-state index in [1.54, 1.807) is 0 Å². The van der Waals surface area contributed by atoms with Gasteiger partial charge in [-0.1, -0.05) is 0 Å². The van der Waals surface area contributed by atoms with Gasteiger partial charge >= 0.3 is 11.9 Å². The molecule has 3 aliphatic rings. The van der Waals surface area contributed by atoms with Gasteiger partial charge in [0.15, 0.2) is 18.7 Å². The average Bonchev–Trinajstić information content (AvgIpc) is 2.88. The Labute approximate surface area is 214 Å². The number of rotatable bonds is 8. The van der Waals surface area contributed by atoms with Crippen molar-refractivity contribution in [3.8, 4) is 0 Å². The highest BCUT2D eigenvalue weighted by molar-refractivity contribution is 5.66. The van der Waals surface area contributed by atoms with Crippen molar-refractivity contribution in [2.24, 2.45) is 0 Å². The summed E-state index contributed by atoms with van der Waals surface area (Å²) < 4.78 is 31.5. The van der Waals surface area contributed by atoms with Crippen LogP contribution in [0.3, 0.4) is 0 Å². The molecule has 18 nitrogen and oxygen atoms in total. The molecule has 3 heterocycles. The Hall–Kier alpha value is -1.17. The standard InChI is InChI=1S/C20H34O18/c1-5(24)36-20(38-16-7(3-22)33-18(32)12(28)11(16)27)17(31)14(30)15(8(4-23)37-20)35-19-13(29)10(26)9(25)6(2-21)34-19/h6-19,21-23,25-32H,2-4H2,1H3/t6-,7-,8-,9-,10+,11-,12-,13-,14+,15-,16-,17-,18-,19+,20+/m1/s1. The fraction of sp³-hybridized carbons (Fsp3) is 0.950. The van der Waals surface area contributed by atoms with Crippen LogP contribution in [0.25, 0.3) is 0 Å².